The number of aromatic hydroxyl groups is 4. The van der Waals surface area contributed by atoms with Gasteiger partial charge in [0.1, 0.15) is 23.0 Å². The van der Waals surface area contributed by atoms with Crippen molar-refractivity contribution in [2.45, 2.75) is 78.1 Å². The molecule has 0 heterocycles. The minimum atomic E-state index is -0.595. The number of fused-ring (bicyclic) bond motifs is 8. The van der Waals surface area contributed by atoms with Crippen LogP contribution in [0.2, 0.25) is 0 Å². The standard InChI is InChI=1S/C36H38N2O8/c1-35(2,3)27-11-19-7-20-12-28(36(4,5)6)14-22(32(20)40)9-24-16-30(38(45)46)18-26(34(24)42)10-25-17-29(37(43)44)15-23(33(25)41)8-21(13-27)31(19)39/h11-18,39-42H,7-10H2,1-6H3. The summed E-state index contributed by atoms with van der Waals surface area (Å²) in [4.78, 5) is 22.7. The molecule has 0 saturated carbocycles. The first kappa shape index (κ1) is 32.3. The fourth-order valence-electron chi connectivity index (χ4n) is 5.98. The van der Waals surface area contributed by atoms with E-state index in [9.17, 15) is 40.7 Å². The Balaban J connectivity index is 1.88. The first-order valence-corrected chi connectivity index (χ1v) is 15.0. The molecule has 0 saturated heterocycles. The van der Waals surface area contributed by atoms with Crippen molar-refractivity contribution in [1.82, 2.24) is 0 Å². The van der Waals surface area contributed by atoms with Gasteiger partial charge in [0.2, 0.25) is 0 Å². The second kappa shape index (κ2) is 11.3. The SMILES string of the molecule is CC(C)(C)c1cc2c(O)c(c1)Cc1cc(C(C)(C)C)cc(c1O)Cc1cc([N+](=O)[O-])cc(c1O)Cc1cc([N+](=O)[O-])cc(c1O)C2. The van der Waals surface area contributed by atoms with Gasteiger partial charge in [0.15, 0.2) is 0 Å². The summed E-state index contributed by atoms with van der Waals surface area (Å²) in [7, 11) is 0. The Morgan fingerprint density at radius 1 is 0.457 bits per heavy atom. The van der Waals surface area contributed by atoms with Gasteiger partial charge in [0.05, 0.1) is 9.85 Å². The lowest BCUT2D eigenvalue weighted by atomic mass is 9.81. The number of nitrogens with zero attached hydrogens (tertiary/aromatic N) is 2. The van der Waals surface area contributed by atoms with E-state index < -0.39 is 9.85 Å². The van der Waals surface area contributed by atoms with Gasteiger partial charge in [-0.2, -0.15) is 0 Å². The summed E-state index contributed by atoms with van der Waals surface area (Å²) in [5, 5.41) is 70.0. The largest absolute Gasteiger partial charge is 0.507 e. The van der Waals surface area contributed by atoms with Gasteiger partial charge in [0, 0.05) is 72.2 Å². The van der Waals surface area contributed by atoms with Crippen LogP contribution in [0.4, 0.5) is 11.4 Å². The Labute approximate surface area is 266 Å². The summed E-state index contributed by atoms with van der Waals surface area (Å²) < 4.78 is 0. The predicted molar refractivity (Wildman–Crippen MR) is 174 cm³/mol. The van der Waals surface area contributed by atoms with E-state index in [4.69, 9.17) is 0 Å². The van der Waals surface area contributed by atoms with Gasteiger partial charge in [-0.3, -0.25) is 20.2 Å². The fourth-order valence-corrected chi connectivity index (χ4v) is 5.98. The molecule has 4 aromatic carbocycles. The highest BCUT2D eigenvalue weighted by molar-refractivity contribution is 5.60. The number of phenolic OH excluding ortho intramolecular Hbond substituents is 4. The third-order valence-electron chi connectivity index (χ3n) is 8.72. The number of non-ortho nitro benzene ring substituents is 2. The number of hydrogen-bond acceptors (Lipinski definition) is 8. The molecule has 4 aromatic rings. The average Bonchev–Trinajstić information content (AvgIpc) is 2.94. The molecule has 0 amide bonds. The van der Waals surface area contributed by atoms with Gasteiger partial charge in [-0.25, -0.2) is 0 Å². The summed E-state index contributed by atoms with van der Waals surface area (Å²) in [6, 6.07) is 12.2. The molecule has 0 aromatic heterocycles. The van der Waals surface area contributed by atoms with Gasteiger partial charge < -0.3 is 20.4 Å². The molecular formula is C36H38N2O8. The molecule has 240 valence electrons. The van der Waals surface area contributed by atoms with E-state index in [-0.39, 0.29) is 93.1 Å². The van der Waals surface area contributed by atoms with Crippen molar-refractivity contribution >= 4 is 11.4 Å². The van der Waals surface area contributed by atoms with E-state index in [1.165, 1.54) is 24.3 Å². The molecule has 1 aliphatic carbocycles. The molecule has 1 aliphatic rings. The van der Waals surface area contributed by atoms with Crippen LogP contribution in [0.25, 0.3) is 0 Å². The molecule has 0 fully saturated rings. The maximum Gasteiger partial charge on any atom is 0.270 e. The van der Waals surface area contributed by atoms with E-state index in [0.717, 1.165) is 11.1 Å². The van der Waals surface area contributed by atoms with Crippen LogP contribution in [0.5, 0.6) is 23.0 Å². The number of rotatable bonds is 2. The van der Waals surface area contributed by atoms with Crippen molar-refractivity contribution in [2.24, 2.45) is 0 Å². The first-order chi connectivity index (χ1) is 21.3. The third-order valence-corrected chi connectivity index (χ3v) is 8.72. The summed E-state index contributed by atoms with van der Waals surface area (Å²) >= 11 is 0. The van der Waals surface area contributed by atoms with E-state index in [0.29, 0.717) is 22.3 Å². The first-order valence-electron chi connectivity index (χ1n) is 15.0. The maximum atomic E-state index is 12.0. The minimum absolute atomic E-state index is 0.0480. The fraction of sp³-hybridized carbons (Fsp3) is 0.333. The third kappa shape index (κ3) is 6.20. The van der Waals surface area contributed by atoms with E-state index >= 15 is 0 Å². The van der Waals surface area contributed by atoms with E-state index in [2.05, 4.69) is 0 Å². The predicted octanol–water partition coefficient (Wildman–Crippen LogP) is 7.60. The zero-order chi connectivity index (χ0) is 33.9. The maximum absolute atomic E-state index is 12.0. The topological polar surface area (TPSA) is 167 Å². The molecular weight excluding hydrogens is 588 g/mol. The molecule has 0 atom stereocenters. The lowest BCUT2D eigenvalue weighted by Gasteiger charge is -2.25. The van der Waals surface area contributed by atoms with Crippen LogP contribution in [0.1, 0.15) is 97.2 Å². The smallest absolute Gasteiger partial charge is 0.270 e. The number of benzene rings is 4. The molecule has 0 spiro atoms. The molecule has 8 bridgehead atoms. The summed E-state index contributed by atoms with van der Waals surface area (Å²) in [6.45, 7) is 12.1. The summed E-state index contributed by atoms with van der Waals surface area (Å²) in [6.07, 6.45) is -0.243. The zero-order valence-electron chi connectivity index (χ0n) is 26.8. The second-order valence-corrected chi connectivity index (χ2v) is 14.2. The Hall–Kier alpha value is -5.12. The van der Waals surface area contributed by atoms with Crippen LogP contribution in [0.3, 0.4) is 0 Å². The Bertz CT molecular complexity index is 1780. The minimum Gasteiger partial charge on any atom is -0.507 e. The van der Waals surface area contributed by atoms with Crippen LogP contribution < -0.4 is 0 Å². The van der Waals surface area contributed by atoms with E-state index in [1.54, 1.807) is 0 Å². The monoisotopic (exact) mass is 626 g/mol. The molecule has 10 nitrogen and oxygen atoms in total. The van der Waals surface area contributed by atoms with Crippen molar-refractivity contribution < 1.29 is 30.3 Å². The van der Waals surface area contributed by atoms with E-state index in [1.807, 2.05) is 65.8 Å². The quantitative estimate of drug-likeness (QED) is 0.115. The normalized spacial score (nSPS) is 13.3. The second-order valence-electron chi connectivity index (χ2n) is 14.2. The van der Waals surface area contributed by atoms with Crippen LogP contribution in [0.15, 0.2) is 48.5 Å². The molecule has 4 N–H and O–H groups in total. The number of phenols is 4. The average molecular weight is 627 g/mol. The van der Waals surface area contributed by atoms with Crippen molar-refractivity contribution in [3.63, 3.8) is 0 Å². The van der Waals surface area contributed by atoms with Crippen molar-refractivity contribution in [3.8, 4) is 23.0 Å². The lowest BCUT2D eigenvalue weighted by molar-refractivity contribution is -0.385. The van der Waals surface area contributed by atoms with Gasteiger partial charge >= 0.3 is 0 Å². The highest BCUT2D eigenvalue weighted by Gasteiger charge is 2.27. The number of hydrogen-bond donors (Lipinski definition) is 4. The number of nitro groups is 2. The van der Waals surface area contributed by atoms with Gasteiger partial charge in [-0.15, -0.1) is 0 Å². The van der Waals surface area contributed by atoms with Crippen molar-refractivity contribution in [2.75, 3.05) is 0 Å². The molecule has 0 aliphatic heterocycles. The molecule has 5 rings (SSSR count). The van der Waals surface area contributed by atoms with Crippen LogP contribution in [-0.4, -0.2) is 30.3 Å². The summed E-state index contributed by atoms with van der Waals surface area (Å²) in [5.74, 6) is -0.642. The zero-order valence-corrected chi connectivity index (χ0v) is 26.8. The lowest BCUT2D eigenvalue weighted by Crippen LogP contribution is -2.14. The van der Waals surface area contributed by atoms with Crippen LogP contribution in [0, 0.1) is 20.2 Å². The van der Waals surface area contributed by atoms with Crippen LogP contribution >= 0.6 is 0 Å². The Morgan fingerprint density at radius 2 is 0.652 bits per heavy atom. The van der Waals surface area contributed by atoms with Gasteiger partial charge in [-0.05, 0) is 44.2 Å². The van der Waals surface area contributed by atoms with Gasteiger partial charge in [-0.1, -0.05) is 65.8 Å². The highest BCUT2D eigenvalue weighted by Crippen LogP contribution is 2.42. The van der Waals surface area contributed by atoms with Crippen molar-refractivity contribution in [1.29, 1.82) is 0 Å². The Morgan fingerprint density at radius 3 is 0.826 bits per heavy atom. The summed E-state index contributed by atoms with van der Waals surface area (Å²) in [5.41, 5.74) is 2.90. The number of nitro benzene ring substituents is 2. The van der Waals surface area contributed by atoms with Crippen LogP contribution in [-0.2, 0) is 36.5 Å². The van der Waals surface area contributed by atoms with Gasteiger partial charge in [0.25, 0.3) is 11.4 Å². The van der Waals surface area contributed by atoms with Crippen molar-refractivity contribution in [3.05, 3.63) is 124 Å². The highest BCUT2D eigenvalue weighted by atomic mass is 16.6. The molecule has 0 radical (unpaired) electrons. The molecule has 0 unspecified atom stereocenters. The molecule has 10 heteroatoms. The molecule has 46 heavy (non-hydrogen) atoms. The Kier molecular flexibility index (Phi) is 7.96.